The van der Waals surface area contributed by atoms with Gasteiger partial charge in [0.25, 0.3) is 5.56 Å². The summed E-state index contributed by atoms with van der Waals surface area (Å²) in [5.41, 5.74) is 0.223. The summed E-state index contributed by atoms with van der Waals surface area (Å²) in [6, 6.07) is 1.48. The van der Waals surface area contributed by atoms with E-state index in [-0.39, 0.29) is 22.4 Å². The van der Waals surface area contributed by atoms with E-state index in [0.717, 1.165) is 30.8 Å². The van der Waals surface area contributed by atoms with Gasteiger partial charge < -0.3 is 9.72 Å². The maximum atomic E-state index is 11.5. The highest BCUT2D eigenvalue weighted by Crippen LogP contribution is 2.73. The second-order valence-corrected chi connectivity index (χ2v) is 5.32. The molecule has 2 bridgehead atoms. The zero-order valence-electron chi connectivity index (χ0n) is 9.87. The second-order valence-electron chi connectivity index (χ2n) is 5.32. The van der Waals surface area contributed by atoms with Crippen LogP contribution in [0.4, 0.5) is 0 Å². The Balaban J connectivity index is 1.87. The number of esters is 1. The summed E-state index contributed by atoms with van der Waals surface area (Å²) < 4.78 is 4.79. The van der Waals surface area contributed by atoms with E-state index in [1.54, 1.807) is 6.92 Å². The van der Waals surface area contributed by atoms with Crippen molar-refractivity contribution in [3.05, 3.63) is 27.9 Å². The minimum absolute atomic E-state index is 0.0840. The largest absolute Gasteiger partial charge is 0.469 e. The van der Waals surface area contributed by atoms with E-state index >= 15 is 0 Å². The molecule has 1 heterocycles. The Morgan fingerprint density at radius 2 is 2.12 bits per heavy atom. The summed E-state index contributed by atoms with van der Waals surface area (Å²) in [5, 5.41) is 0. The maximum Gasteiger partial charge on any atom is 0.311 e. The number of hydrogen-bond donors (Lipinski definition) is 1. The third kappa shape index (κ3) is 1.22. The highest BCUT2D eigenvalue weighted by Gasteiger charge is 2.74. The number of ether oxygens (including phenoxy) is 1. The van der Waals surface area contributed by atoms with Crippen LogP contribution < -0.4 is 5.56 Å². The third-order valence-corrected chi connectivity index (χ3v) is 4.02. The van der Waals surface area contributed by atoms with Crippen molar-refractivity contribution >= 4 is 5.97 Å². The van der Waals surface area contributed by atoms with E-state index in [1.807, 2.05) is 0 Å². The van der Waals surface area contributed by atoms with E-state index in [0.29, 0.717) is 0 Å². The van der Waals surface area contributed by atoms with Crippen molar-refractivity contribution in [2.24, 2.45) is 5.41 Å². The van der Waals surface area contributed by atoms with Crippen LogP contribution in [0.3, 0.4) is 0 Å². The number of hydrogen-bond acceptors (Lipinski definition) is 4. The number of aryl methyl sites for hydroxylation is 1. The Labute approximate surface area is 98.2 Å². The van der Waals surface area contributed by atoms with Crippen molar-refractivity contribution in [3.63, 3.8) is 0 Å². The van der Waals surface area contributed by atoms with E-state index in [2.05, 4.69) is 9.97 Å². The molecular weight excluding hydrogens is 220 g/mol. The lowest BCUT2D eigenvalue weighted by Crippen LogP contribution is -2.68. The molecule has 0 radical (unpaired) electrons. The van der Waals surface area contributed by atoms with Crippen LogP contribution in [0.5, 0.6) is 0 Å². The van der Waals surface area contributed by atoms with Gasteiger partial charge in [0, 0.05) is 17.2 Å². The molecule has 0 spiro atoms. The minimum atomic E-state index is -0.295. The van der Waals surface area contributed by atoms with E-state index in [1.165, 1.54) is 13.2 Å². The Bertz CT molecular complexity index is 541. The number of methoxy groups -OCH3 is 1. The van der Waals surface area contributed by atoms with Gasteiger partial charge in [0.05, 0.1) is 12.5 Å². The molecule has 5 nitrogen and oxygen atoms in total. The predicted octanol–water partition coefficient (Wildman–Crippen LogP) is 0.673. The van der Waals surface area contributed by atoms with Crippen molar-refractivity contribution < 1.29 is 9.53 Å². The molecule has 0 unspecified atom stereocenters. The number of H-pyrrole nitrogens is 1. The molecule has 5 heteroatoms. The van der Waals surface area contributed by atoms with Gasteiger partial charge in [-0.2, -0.15) is 0 Å². The fraction of sp³-hybridized carbons (Fsp3) is 0.583. The minimum Gasteiger partial charge on any atom is -0.469 e. The smallest absolute Gasteiger partial charge is 0.311 e. The van der Waals surface area contributed by atoms with Crippen molar-refractivity contribution in [3.8, 4) is 0 Å². The topological polar surface area (TPSA) is 72.0 Å². The van der Waals surface area contributed by atoms with Crippen LogP contribution in [0.25, 0.3) is 0 Å². The zero-order valence-corrected chi connectivity index (χ0v) is 9.87. The van der Waals surface area contributed by atoms with Gasteiger partial charge in [-0.25, -0.2) is 4.98 Å². The van der Waals surface area contributed by atoms with E-state index in [4.69, 9.17) is 4.74 Å². The van der Waals surface area contributed by atoms with Crippen LogP contribution in [0.2, 0.25) is 0 Å². The number of carbonyl (C=O) groups excluding carboxylic acids is 1. The molecular formula is C12H14N2O3. The summed E-state index contributed by atoms with van der Waals surface area (Å²) in [5.74, 6) is 0.600. The molecule has 0 atom stereocenters. The van der Waals surface area contributed by atoms with Gasteiger partial charge in [-0.15, -0.1) is 0 Å². The normalized spacial score (nSPS) is 33.5. The molecule has 1 aromatic rings. The SMILES string of the molecule is COC(=O)C12CC(c3nc(C)cc(=O)[nH]3)(C1)C2. The van der Waals surface area contributed by atoms with E-state index < -0.39 is 0 Å². The first-order valence-corrected chi connectivity index (χ1v) is 5.67. The predicted molar refractivity (Wildman–Crippen MR) is 59.6 cm³/mol. The summed E-state index contributed by atoms with van der Waals surface area (Å²) in [7, 11) is 1.42. The lowest BCUT2D eigenvalue weighted by molar-refractivity contribution is -0.199. The van der Waals surface area contributed by atoms with Crippen LogP contribution in [0.1, 0.15) is 30.8 Å². The molecule has 17 heavy (non-hydrogen) atoms. The van der Waals surface area contributed by atoms with Gasteiger partial charge in [-0.05, 0) is 26.2 Å². The van der Waals surface area contributed by atoms with Crippen molar-refractivity contribution in [1.29, 1.82) is 0 Å². The van der Waals surface area contributed by atoms with Crippen molar-refractivity contribution in [1.82, 2.24) is 9.97 Å². The molecule has 3 saturated carbocycles. The number of rotatable bonds is 2. The van der Waals surface area contributed by atoms with Crippen molar-refractivity contribution in [2.45, 2.75) is 31.6 Å². The Hall–Kier alpha value is -1.65. The average Bonchev–Trinajstić information content (AvgIpc) is 2.11. The zero-order chi connectivity index (χ0) is 12.3. The standard InChI is InChI=1S/C12H14N2O3/c1-7-3-8(15)14-9(13-7)11-4-12(5-11,6-11)10(16)17-2/h3H,4-6H2,1-2H3,(H,13,14,15). The Kier molecular flexibility index (Phi) is 1.83. The molecule has 90 valence electrons. The maximum absolute atomic E-state index is 11.5. The monoisotopic (exact) mass is 234 g/mol. The number of aromatic amines is 1. The summed E-state index contributed by atoms with van der Waals surface area (Å²) in [6.07, 6.45) is 2.25. The van der Waals surface area contributed by atoms with Gasteiger partial charge in [0.1, 0.15) is 5.82 Å². The highest BCUT2D eigenvalue weighted by molar-refractivity contribution is 5.82. The van der Waals surface area contributed by atoms with Gasteiger partial charge >= 0.3 is 5.97 Å². The lowest BCUT2D eigenvalue weighted by Gasteiger charge is -2.67. The molecule has 3 fully saturated rings. The van der Waals surface area contributed by atoms with Crippen LogP contribution in [-0.2, 0) is 14.9 Å². The lowest BCUT2D eigenvalue weighted by atomic mass is 9.35. The molecule has 3 aliphatic carbocycles. The summed E-state index contributed by atoms with van der Waals surface area (Å²) in [6.45, 7) is 1.81. The molecule has 0 amide bonds. The first-order valence-electron chi connectivity index (χ1n) is 5.67. The van der Waals surface area contributed by atoms with Gasteiger partial charge in [0.2, 0.25) is 0 Å². The third-order valence-electron chi connectivity index (χ3n) is 4.02. The van der Waals surface area contributed by atoms with Crippen LogP contribution in [0.15, 0.2) is 10.9 Å². The van der Waals surface area contributed by atoms with Gasteiger partial charge in [0.15, 0.2) is 0 Å². The highest BCUT2D eigenvalue weighted by atomic mass is 16.5. The quantitative estimate of drug-likeness (QED) is 0.763. The van der Waals surface area contributed by atoms with Gasteiger partial charge in [-0.1, -0.05) is 0 Å². The second kappa shape index (κ2) is 2.97. The average molecular weight is 234 g/mol. The molecule has 1 N–H and O–H groups in total. The summed E-state index contributed by atoms with van der Waals surface area (Å²) >= 11 is 0. The Morgan fingerprint density at radius 1 is 1.47 bits per heavy atom. The Morgan fingerprint density at radius 3 is 2.65 bits per heavy atom. The van der Waals surface area contributed by atoms with Gasteiger partial charge in [-0.3, -0.25) is 9.59 Å². The van der Waals surface area contributed by atoms with E-state index in [9.17, 15) is 9.59 Å². The fourth-order valence-corrected chi connectivity index (χ4v) is 3.30. The molecule has 3 aliphatic rings. The molecule has 0 aromatic carbocycles. The van der Waals surface area contributed by atoms with Crippen LogP contribution in [0, 0.1) is 12.3 Å². The number of carbonyl (C=O) groups is 1. The van der Waals surface area contributed by atoms with Crippen molar-refractivity contribution in [2.75, 3.05) is 7.11 Å². The first kappa shape index (κ1) is 10.5. The van der Waals surface area contributed by atoms with Crippen LogP contribution >= 0.6 is 0 Å². The molecule has 0 saturated heterocycles. The summed E-state index contributed by atoms with van der Waals surface area (Å²) in [4.78, 5) is 30.1. The molecule has 1 aromatic heterocycles. The number of nitrogens with one attached hydrogen (secondary N) is 1. The van der Waals surface area contributed by atoms with Crippen LogP contribution in [-0.4, -0.2) is 23.0 Å². The molecule has 0 aliphatic heterocycles. The number of aromatic nitrogens is 2. The number of nitrogens with zero attached hydrogens (tertiary/aromatic N) is 1. The fourth-order valence-electron chi connectivity index (χ4n) is 3.30. The molecule has 4 rings (SSSR count). The first-order chi connectivity index (χ1) is 8.00.